The van der Waals surface area contributed by atoms with Crippen LogP contribution in [0.2, 0.25) is 0 Å². The zero-order chi connectivity index (χ0) is 14.0. The molecule has 0 bridgehead atoms. The van der Waals surface area contributed by atoms with Gasteiger partial charge >= 0.3 is 6.18 Å². The number of carbonyl (C=O) groups excluding carboxylic acids is 1. The van der Waals surface area contributed by atoms with Crippen molar-refractivity contribution in [2.24, 2.45) is 5.92 Å². The van der Waals surface area contributed by atoms with Gasteiger partial charge in [0.15, 0.2) is 5.78 Å². The minimum Gasteiger partial charge on any atom is -0.289 e. The van der Waals surface area contributed by atoms with Crippen LogP contribution in [0.5, 0.6) is 0 Å². The Morgan fingerprint density at radius 2 is 1.84 bits per heavy atom. The summed E-state index contributed by atoms with van der Waals surface area (Å²) in [6.45, 7) is 0. The smallest absolute Gasteiger partial charge is 0.289 e. The maximum absolute atomic E-state index is 12.7. The molecule has 0 heterocycles. The van der Waals surface area contributed by atoms with Gasteiger partial charge in [0.25, 0.3) is 0 Å². The molecular formula is C14H10F3NO. The summed E-state index contributed by atoms with van der Waals surface area (Å²) in [5.74, 6) is -1.22. The molecular weight excluding hydrogens is 255 g/mol. The standard InChI is InChI=1S/C14H10F3NO/c15-14(16,17)12(10-5-6-10)7-13(19)11-3-1-9(8-18)2-4-11/h1-4,7,10H,5-6H2/b12-7+. The summed E-state index contributed by atoms with van der Waals surface area (Å²) in [5, 5.41) is 8.60. The van der Waals surface area contributed by atoms with Gasteiger partial charge in [0.2, 0.25) is 0 Å². The molecule has 1 aliphatic rings. The highest BCUT2D eigenvalue weighted by Crippen LogP contribution is 2.44. The van der Waals surface area contributed by atoms with Crippen molar-refractivity contribution in [3.63, 3.8) is 0 Å². The highest BCUT2D eigenvalue weighted by atomic mass is 19.4. The lowest BCUT2D eigenvalue weighted by Gasteiger charge is -2.10. The number of allylic oxidation sites excluding steroid dienone is 2. The van der Waals surface area contributed by atoms with Crippen molar-refractivity contribution in [2.45, 2.75) is 19.0 Å². The zero-order valence-electron chi connectivity index (χ0n) is 9.87. The van der Waals surface area contributed by atoms with Crippen LogP contribution in [0.3, 0.4) is 0 Å². The molecule has 0 aliphatic heterocycles. The van der Waals surface area contributed by atoms with E-state index in [1.165, 1.54) is 24.3 Å². The van der Waals surface area contributed by atoms with Crippen LogP contribution in [-0.4, -0.2) is 12.0 Å². The molecule has 1 aromatic rings. The number of nitriles is 1. The Kier molecular flexibility index (Phi) is 3.43. The summed E-state index contributed by atoms with van der Waals surface area (Å²) in [5.41, 5.74) is -0.234. The number of rotatable bonds is 3. The van der Waals surface area contributed by atoms with Crippen molar-refractivity contribution in [2.75, 3.05) is 0 Å². The molecule has 5 heteroatoms. The van der Waals surface area contributed by atoms with Crippen LogP contribution in [0.25, 0.3) is 0 Å². The number of hydrogen-bond acceptors (Lipinski definition) is 2. The van der Waals surface area contributed by atoms with Gasteiger partial charge in [0.05, 0.1) is 11.6 Å². The van der Waals surface area contributed by atoms with E-state index in [1.807, 2.05) is 6.07 Å². The summed E-state index contributed by atoms with van der Waals surface area (Å²) in [6, 6.07) is 7.41. The Balaban J connectivity index is 2.25. The van der Waals surface area contributed by atoms with Gasteiger partial charge in [0.1, 0.15) is 0 Å². The van der Waals surface area contributed by atoms with E-state index in [1.54, 1.807) is 0 Å². The normalized spacial score (nSPS) is 16.0. The lowest BCUT2D eigenvalue weighted by molar-refractivity contribution is -0.0955. The van der Waals surface area contributed by atoms with Gasteiger partial charge in [-0.15, -0.1) is 0 Å². The first-order chi connectivity index (χ1) is 8.91. The maximum Gasteiger partial charge on any atom is 0.413 e. The molecule has 1 aliphatic carbocycles. The minimum absolute atomic E-state index is 0.154. The van der Waals surface area contributed by atoms with E-state index >= 15 is 0 Å². The highest BCUT2D eigenvalue weighted by molar-refractivity contribution is 6.05. The molecule has 1 saturated carbocycles. The Morgan fingerprint density at radius 3 is 2.26 bits per heavy atom. The number of ketones is 1. The van der Waals surface area contributed by atoms with E-state index in [9.17, 15) is 18.0 Å². The molecule has 0 atom stereocenters. The quantitative estimate of drug-likeness (QED) is 0.618. The average Bonchev–Trinajstić information content (AvgIpc) is 3.18. The summed E-state index contributed by atoms with van der Waals surface area (Å²) in [4.78, 5) is 11.8. The summed E-state index contributed by atoms with van der Waals surface area (Å²) < 4.78 is 38.2. The first-order valence-electron chi connectivity index (χ1n) is 5.75. The molecule has 0 N–H and O–H groups in total. The molecule has 0 unspecified atom stereocenters. The number of alkyl halides is 3. The van der Waals surface area contributed by atoms with Crippen LogP contribution in [0.15, 0.2) is 35.9 Å². The second kappa shape index (κ2) is 4.88. The molecule has 19 heavy (non-hydrogen) atoms. The first kappa shape index (κ1) is 13.3. The van der Waals surface area contributed by atoms with Gasteiger partial charge in [-0.3, -0.25) is 4.79 Å². The predicted molar refractivity (Wildman–Crippen MR) is 62.3 cm³/mol. The van der Waals surface area contributed by atoms with Crippen molar-refractivity contribution in [1.82, 2.24) is 0 Å². The molecule has 0 amide bonds. The predicted octanol–water partition coefficient (Wildman–Crippen LogP) is 3.64. The van der Waals surface area contributed by atoms with Crippen molar-refractivity contribution in [3.8, 4) is 6.07 Å². The van der Waals surface area contributed by atoms with E-state index < -0.39 is 23.5 Å². The lowest BCUT2D eigenvalue weighted by Crippen LogP contribution is -2.15. The van der Waals surface area contributed by atoms with Crippen LogP contribution in [0.4, 0.5) is 13.2 Å². The van der Waals surface area contributed by atoms with E-state index in [-0.39, 0.29) is 5.56 Å². The molecule has 0 spiro atoms. The second-order valence-corrected chi connectivity index (χ2v) is 4.43. The monoisotopic (exact) mass is 265 g/mol. The molecule has 0 radical (unpaired) electrons. The van der Waals surface area contributed by atoms with Gasteiger partial charge in [-0.25, -0.2) is 0 Å². The summed E-state index contributed by atoms with van der Waals surface area (Å²) in [7, 11) is 0. The van der Waals surface area contributed by atoms with Crippen LogP contribution < -0.4 is 0 Å². The fourth-order valence-corrected chi connectivity index (χ4v) is 1.76. The van der Waals surface area contributed by atoms with Crippen LogP contribution >= 0.6 is 0 Å². The third-order valence-corrected chi connectivity index (χ3v) is 2.93. The Hall–Kier alpha value is -2.09. The van der Waals surface area contributed by atoms with Crippen molar-refractivity contribution in [3.05, 3.63) is 47.0 Å². The number of nitrogens with zero attached hydrogens (tertiary/aromatic N) is 1. The minimum atomic E-state index is -4.45. The highest BCUT2D eigenvalue weighted by Gasteiger charge is 2.43. The molecule has 98 valence electrons. The van der Waals surface area contributed by atoms with Crippen LogP contribution in [0.1, 0.15) is 28.8 Å². The Morgan fingerprint density at radius 1 is 1.26 bits per heavy atom. The topological polar surface area (TPSA) is 40.9 Å². The number of halogens is 3. The molecule has 0 aromatic heterocycles. The van der Waals surface area contributed by atoms with E-state index in [0.717, 1.165) is 0 Å². The van der Waals surface area contributed by atoms with Crippen LogP contribution in [-0.2, 0) is 0 Å². The van der Waals surface area contributed by atoms with E-state index in [0.29, 0.717) is 24.5 Å². The first-order valence-corrected chi connectivity index (χ1v) is 5.75. The fourth-order valence-electron chi connectivity index (χ4n) is 1.76. The van der Waals surface area contributed by atoms with E-state index in [2.05, 4.69) is 0 Å². The third-order valence-electron chi connectivity index (χ3n) is 2.93. The van der Waals surface area contributed by atoms with Gasteiger partial charge < -0.3 is 0 Å². The molecule has 1 aromatic carbocycles. The van der Waals surface area contributed by atoms with Gasteiger partial charge in [-0.05, 0) is 49.1 Å². The maximum atomic E-state index is 12.7. The van der Waals surface area contributed by atoms with Gasteiger partial charge in [0, 0.05) is 11.1 Å². The Labute approximate surface area is 108 Å². The number of carbonyl (C=O) groups is 1. The number of benzene rings is 1. The molecule has 0 saturated heterocycles. The van der Waals surface area contributed by atoms with Gasteiger partial charge in [-0.1, -0.05) is 0 Å². The number of hydrogen-bond donors (Lipinski definition) is 0. The van der Waals surface area contributed by atoms with Gasteiger partial charge in [-0.2, -0.15) is 18.4 Å². The summed E-state index contributed by atoms with van der Waals surface area (Å²) in [6.07, 6.45) is -2.82. The largest absolute Gasteiger partial charge is 0.413 e. The fraction of sp³-hybridized carbons (Fsp3) is 0.286. The molecule has 2 rings (SSSR count). The molecule has 1 fully saturated rings. The van der Waals surface area contributed by atoms with E-state index in [4.69, 9.17) is 5.26 Å². The second-order valence-electron chi connectivity index (χ2n) is 4.43. The Bertz CT molecular complexity index is 560. The van der Waals surface area contributed by atoms with Crippen LogP contribution in [0, 0.1) is 17.2 Å². The van der Waals surface area contributed by atoms with Crippen molar-refractivity contribution in [1.29, 1.82) is 5.26 Å². The third kappa shape index (κ3) is 3.22. The average molecular weight is 265 g/mol. The molecule has 2 nitrogen and oxygen atoms in total. The summed E-state index contributed by atoms with van der Waals surface area (Å²) >= 11 is 0. The lowest BCUT2D eigenvalue weighted by atomic mass is 10.0. The van der Waals surface area contributed by atoms with Crippen molar-refractivity contribution < 1.29 is 18.0 Å². The SMILES string of the molecule is N#Cc1ccc(C(=O)/C=C(\C2CC2)C(F)(F)F)cc1. The zero-order valence-corrected chi connectivity index (χ0v) is 9.87. The van der Waals surface area contributed by atoms with Crippen molar-refractivity contribution >= 4 is 5.78 Å².